The topological polar surface area (TPSA) is 77.6 Å². The van der Waals surface area contributed by atoms with Gasteiger partial charge in [-0.3, -0.25) is 4.79 Å². The Labute approximate surface area is 196 Å². The maximum absolute atomic E-state index is 14.8. The summed E-state index contributed by atoms with van der Waals surface area (Å²) in [4.78, 5) is 26.7. The molecular formula is C26H25FN6O. The molecule has 1 aliphatic heterocycles. The minimum absolute atomic E-state index is 0.0372. The maximum Gasteiger partial charge on any atom is 0.259 e. The van der Waals surface area contributed by atoms with Crippen molar-refractivity contribution in [3.05, 3.63) is 77.4 Å². The molecule has 1 aromatic carbocycles. The van der Waals surface area contributed by atoms with E-state index in [1.54, 1.807) is 18.5 Å². The summed E-state index contributed by atoms with van der Waals surface area (Å²) < 4.78 is 18.9. The van der Waals surface area contributed by atoms with Crippen LogP contribution >= 0.6 is 0 Å². The van der Waals surface area contributed by atoms with Gasteiger partial charge in [-0.1, -0.05) is 6.07 Å². The lowest BCUT2D eigenvalue weighted by Crippen LogP contribution is -2.16. The van der Waals surface area contributed by atoms with Gasteiger partial charge in [0, 0.05) is 30.0 Å². The van der Waals surface area contributed by atoms with Crippen molar-refractivity contribution >= 4 is 11.7 Å². The Morgan fingerprint density at radius 1 is 1.18 bits per heavy atom. The van der Waals surface area contributed by atoms with Crippen LogP contribution in [0.1, 0.15) is 65.5 Å². The maximum atomic E-state index is 14.8. The zero-order valence-electron chi connectivity index (χ0n) is 19.1. The quantitative estimate of drug-likeness (QED) is 0.447. The third-order valence-electron chi connectivity index (χ3n) is 6.76. The van der Waals surface area contributed by atoms with Gasteiger partial charge in [-0.2, -0.15) is 0 Å². The summed E-state index contributed by atoms with van der Waals surface area (Å²) in [6.07, 6.45) is 9.96. The Morgan fingerprint density at radius 3 is 2.85 bits per heavy atom. The van der Waals surface area contributed by atoms with Gasteiger partial charge in [-0.05, 0) is 69.4 Å². The van der Waals surface area contributed by atoms with Crippen LogP contribution < -0.4 is 5.32 Å². The van der Waals surface area contributed by atoms with Crippen LogP contribution in [-0.2, 0) is 6.42 Å². The molecule has 0 unspecified atom stereocenters. The van der Waals surface area contributed by atoms with E-state index in [0.717, 1.165) is 48.5 Å². The average molecular weight is 457 g/mol. The molecule has 1 N–H and O–H groups in total. The van der Waals surface area contributed by atoms with Gasteiger partial charge in [0.15, 0.2) is 5.82 Å². The zero-order valence-corrected chi connectivity index (χ0v) is 19.1. The molecule has 172 valence electrons. The van der Waals surface area contributed by atoms with E-state index in [2.05, 4.69) is 31.8 Å². The number of rotatable bonds is 5. The number of aryl methyl sites for hydroxylation is 2. The van der Waals surface area contributed by atoms with Crippen molar-refractivity contribution in [2.75, 3.05) is 5.32 Å². The molecule has 0 radical (unpaired) electrons. The first-order chi connectivity index (χ1) is 16.5. The molecule has 3 aromatic heterocycles. The third-order valence-corrected chi connectivity index (χ3v) is 6.76. The second-order valence-electron chi connectivity index (χ2n) is 9.29. The van der Waals surface area contributed by atoms with Gasteiger partial charge in [0.25, 0.3) is 5.91 Å². The van der Waals surface area contributed by atoms with Crippen LogP contribution in [-0.4, -0.2) is 30.0 Å². The summed E-state index contributed by atoms with van der Waals surface area (Å²) in [5.41, 5.74) is 4.33. The van der Waals surface area contributed by atoms with E-state index in [0.29, 0.717) is 23.5 Å². The second-order valence-corrected chi connectivity index (χ2v) is 9.29. The highest BCUT2D eigenvalue weighted by atomic mass is 19.1. The van der Waals surface area contributed by atoms with Crippen LogP contribution in [0.15, 0.2) is 49.1 Å². The molecule has 1 atom stereocenters. The first-order valence-electron chi connectivity index (χ1n) is 11.7. The Bertz CT molecular complexity index is 1420. The van der Waals surface area contributed by atoms with Crippen molar-refractivity contribution in [1.82, 2.24) is 24.1 Å². The Morgan fingerprint density at radius 2 is 2.03 bits per heavy atom. The van der Waals surface area contributed by atoms with E-state index >= 15 is 0 Å². The van der Waals surface area contributed by atoms with Gasteiger partial charge in [-0.15, -0.1) is 0 Å². The van der Waals surface area contributed by atoms with E-state index in [9.17, 15) is 9.18 Å². The fraction of sp³-hybridized carbons (Fsp3) is 0.308. The van der Waals surface area contributed by atoms with Crippen molar-refractivity contribution < 1.29 is 9.18 Å². The summed E-state index contributed by atoms with van der Waals surface area (Å²) in [5.74, 6) is 0.532. The summed E-state index contributed by atoms with van der Waals surface area (Å²) in [6, 6.07) is 8.71. The van der Waals surface area contributed by atoms with Crippen molar-refractivity contribution in [1.29, 1.82) is 0 Å². The lowest BCUT2D eigenvalue weighted by molar-refractivity contribution is 0.102. The summed E-state index contributed by atoms with van der Waals surface area (Å²) in [6.45, 7) is 3.99. The highest BCUT2D eigenvalue weighted by Crippen LogP contribution is 2.39. The largest absolute Gasteiger partial charge is 0.324 e. The molecule has 4 aromatic rings. The smallest absolute Gasteiger partial charge is 0.259 e. The molecule has 2 aliphatic rings. The molecule has 34 heavy (non-hydrogen) atoms. The van der Waals surface area contributed by atoms with Crippen LogP contribution in [0.3, 0.4) is 0 Å². The molecular weight excluding hydrogens is 431 g/mol. The monoisotopic (exact) mass is 456 g/mol. The van der Waals surface area contributed by atoms with E-state index < -0.39 is 11.7 Å². The molecule has 6 rings (SSSR count). The molecule has 4 heterocycles. The normalized spacial score (nSPS) is 17.1. The number of imidazole rings is 2. The number of fused-ring (bicyclic) bond motifs is 1. The average Bonchev–Trinajstić information content (AvgIpc) is 3.23. The number of pyridine rings is 1. The lowest BCUT2D eigenvalue weighted by Gasteiger charge is -2.13. The molecule has 0 bridgehead atoms. The number of benzene rings is 1. The first-order valence-corrected chi connectivity index (χ1v) is 11.7. The van der Waals surface area contributed by atoms with E-state index in [1.165, 1.54) is 11.8 Å². The molecule has 0 spiro atoms. The molecule has 1 aliphatic carbocycles. The molecule has 7 nitrogen and oxygen atoms in total. The Kier molecular flexibility index (Phi) is 4.83. The van der Waals surface area contributed by atoms with Gasteiger partial charge in [0.1, 0.15) is 17.3 Å². The predicted octanol–water partition coefficient (Wildman–Crippen LogP) is 5.22. The standard InChI is InChI=1S/C26H25FN6O/c1-15-10-20(27)19(11-23(15)32-13-22(29-14-32)17-7-8-17)26(34)31-24-5-3-4-21(30-24)25-28-12-18-9-6-16(2)33(18)25/h3-5,10-14,16-17H,6-9H2,1-2H3,(H,30,31,34)/t16-/m0/s1. The van der Waals surface area contributed by atoms with Crippen LogP contribution in [0.4, 0.5) is 10.2 Å². The number of nitrogens with one attached hydrogen (secondary N) is 1. The first kappa shape index (κ1) is 20.8. The lowest BCUT2D eigenvalue weighted by atomic mass is 10.1. The predicted molar refractivity (Wildman–Crippen MR) is 127 cm³/mol. The number of amides is 1. The van der Waals surface area contributed by atoms with Crippen molar-refractivity contribution in [3.63, 3.8) is 0 Å². The van der Waals surface area contributed by atoms with Crippen LogP contribution in [0.25, 0.3) is 17.2 Å². The number of hydrogen-bond acceptors (Lipinski definition) is 4. The summed E-state index contributed by atoms with van der Waals surface area (Å²) in [7, 11) is 0. The van der Waals surface area contributed by atoms with Gasteiger partial charge >= 0.3 is 0 Å². The van der Waals surface area contributed by atoms with Crippen LogP contribution in [0.2, 0.25) is 0 Å². The number of hydrogen-bond donors (Lipinski definition) is 1. The number of anilines is 1. The minimum atomic E-state index is -0.572. The minimum Gasteiger partial charge on any atom is -0.324 e. The van der Waals surface area contributed by atoms with Gasteiger partial charge in [0.05, 0.1) is 23.3 Å². The molecule has 8 heteroatoms. The molecule has 1 fully saturated rings. The number of aromatic nitrogens is 5. The molecule has 1 saturated carbocycles. The number of nitrogens with zero attached hydrogens (tertiary/aromatic N) is 5. The fourth-order valence-electron chi connectivity index (χ4n) is 4.73. The second kappa shape index (κ2) is 7.90. The Balaban J connectivity index is 1.28. The number of carbonyl (C=O) groups is 1. The molecule has 1 amide bonds. The SMILES string of the molecule is Cc1cc(F)c(C(=O)Nc2cccc(-c3ncc4n3[C@@H](C)CC4)n2)cc1-n1cnc(C2CC2)c1. The van der Waals surface area contributed by atoms with Crippen molar-refractivity contribution in [2.24, 2.45) is 0 Å². The summed E-state index contributed by atoms with van der Waals surface area (Å²) >= 11 is 0. The van der Waals surface area contributed by atoms with Gasteiger partial charge in [0.2, 0.25) is 0 Å². The number of carbonyl (C=O) groups excluding carboxylic acids is 1. The van der Waals surface area contributed by atoms with E-state index in [4.69, 9.17) is 0 Å². The molecule has 0 saturated heterocycles. The van der Waals surface area contributed by atoms with Gasteiger partial charge in [-0.25, -0.2) is 19.3 Å². The zero-order chi connectivity index (χ0) is 23.4. The Hall–Kier alpha value is -3.81. The van der Waals surface area contributed by atoms with Crippen molar-refractivity contribution in [2.45, 2.75) is 51.5 Å². The van der Waals surface area contributed by atoms with E-state index in [1.807, 2.05) is 36.0 Å². The van der Waals surface area contributed by atoms with Crippen LogP contribution in [0.5, 0.6) is 0 Å². The highest BCUT2D eigenvalue weighted by Gasteiger charge is 2.26. The highest BCUT2D eigenvalue weighted by molar-refractivity contribution is 6.04. The van der Waals surface area contributed by atoms with E-state index in [-0.39, 0.29) is 5.56 Å². The fourth-order valence-corrected chi connectivity index (χ4v) is 4.73. The van der Waals surface area contributed by atoms with Crippen LogP contribution in [0, 0.1) is 12.7 Å². The third kappa shape index (κ3) is 3.59. The summed E-state index contributed by atoms with van der Waals surface area (Å²) in [5, 5.41) is 2.76. The number of halogens is 1. The van der Waals surface area contributed by atoms with Gasteiger partial charge < -0.3 is 14.5 Å². The van der Waals surface area contributed by atoms with Crippen molar-refractivity contribution in [3.8, 4) is 17.2 Å².